The highest BCUT2D eigenvalue weighted by Crippen LogP contribution is 2.28. The Morgan fingerprint density at radius 1 is 1.10 bits per heavy atom. The van der Waals surface area contributed by atoms with E-state index in [1.165, 1.54) is 18.2 Å². The van der Waals surface area contributed by atoms with Crippen LogP contribution in [-0.4, -0.2) is 6.54 Å². The normalized spacial score (nSPS) is 12.4. The second kappa shape index (κ2) is 7.21. The van der Waals surface area contributed by atoms with Crippen LogP contribution < -0.4 is 5.32 Å². The number of benzene rings is 2. The molecule has 0 aliphatic heterocycles. The highest BCUT2D eigenvalue weighted by Gasteiger charge is 2.18. The fourth-order valence-electron chi connectivity index (χ4n) is 2.25. The minimum absolute atomic E-state index is 0.0721. The summed E-state index contributed by atoms with van der Waals surface area (Å²) < 4.78 is 27.5. The maximum Gasteiger partial charge on any atom is 0.142 e. The molecule has 0 aliphatic rings. The molecule has 112 valence electrons. The van der Waals surface area contributed by atoms with Crippen molar-refractivity contribution in [2.75, 3.05) is 6.54 Å². The first kappa shape index (κ1) is 16.2. The van der Waals surface area contributed by atoms with Crippen LogP contribution in [0.2, 0.25) is 10.0 Å². The van der Waals surface area contributed by atoms with Crippen LogP contribution in [0.25, 0.3) is 0 Å². The third-order valence-electron chi connectivity index (χ3n) is 3.24. The van der Waals surface area contributed by atoms with Crippen molar-refractivity contribution < 1.29 is 8.78 Å². The van der Waals surface area contributed by atoms with Crippen molar-refractivity contribution in [3.8, 4) is 0 Å². The van der Waals surface area contributed by atoms with Gasteiger partial charge in [-0.3, -0.25) is 0 Å². The van der Waals surface area contributed by atoms with Crippen molar-refractivity contribution in [1.82, 2.24) is 5.32 Å². The van der Waals surface area contributed by atoms with Crippen LogP contribution in [0, 0.1) is 11.6 Å². The number of hydrogen-bond acceptors (Lipinski definition) is 1. The van der Waals surface area contributed by atoms with E-state index in [1.807, 2.05) is 6.92 Å². The van der Waals surface area contributed by atoms with Crippen LogP contribution in [0.1, 0.15) is 24.1 Å². The summed E-state index contributed by atoms with van der Waals surface area (Å²) in [5.74, 6) is -0.825. The number of nitrogens with one attached hydrogen (secondary N) is 1. The summed E-state index contributed by atoms with van der Waals surface area (Å²) in [6.45, 7) is 2.56. The SMILES string of the molecule is CCNC(Cc1cccc(F)c1Cl)c1cc(Cl)ccc1F. The molecule has 0 fully saturated rings. The van der Waals surface area contributed by atoms with Gasteiger partial charge in [0.05, 0.1) is 5.02 Å². The molecular formula is C16H15Cl2F2N. The first-order valence-corrected chi connectivity index (χ1v) is 7.39. The minimum atomic E-state index is -0.476. The molecule has 2 rings (SSSR count). The van der Waals surface area contributed by atoms with Crippen LogP contribution in [-0.2, 0) is 6.42 Å². The molecule has 1 nitrogen and oxygen atoms in total. The third-order valence-corrected chi connectivity index (χ3v) is 3.90. The third kappa shape index (κ3) is 3.94. The Hall–Kier alpha value is -1.16. The van der Waals surface area contributed by atoms with Crippen LogP contribution in [0.5, 0.6) is 0 Å². The number of halogens is 4. The molecule has 0 spiro atoms. The highest BCUT2D eigenvalue weighted by atomic mass is 35.5. The van der Waals surface area contributed by atoms with Gasteiger partial charge in [0.1, 0.15) is 11.6 Å². The van der Waals surface area contributed by atoms with Gasteiger partial charge in [0.2, 0.25) is 0 Å². The summed E-state index contributed by atoms with van der Waals surface area (Å²) in [7, 11) is 0. The number of rotatable bonds is 5. The molecular weight excluding hydrogens is 315 g/mol. The average Bonchev–Trinajstić information content (AvgIpc) is 2.46. The summed E-state index contributed by atoms with van der Waals surface area (Å²) in [6, 6.07) is 8.71. The van der Waals surface area contributed by atoms with Crippen molar-refractivity contribution in [2.45, 2.75) is 19.4 Å². The Morgan fingerprint density at radius 3 is 2.57 bits per heavy atom. The van der Waals surface area contributed by atoms with Gasteiger partial charge in [0.15, 0.2) is 0 Å². The lowest BCUT2D eigenvalue weighted by Gasteiger charge is -2.20. The minimum Gasteiger partial charge on any atom is -0.310 e. The Labute approximate surface area is 132 Å². The summed E-state index contributed by atoms with van der Waals surface area (Å²) >= 11 is 11.9. The van der Waals surface area contributed by atoms with Gasteiger partial charge in [0.25, 0.3) is 0 Å². The van der Waals surface area contributed by atoms with Crippen molar-refractivity contribution in [3.05, 3.63) is 69.2 Å². The molecule has 0 amide bonds. The molecule has 0 aromatic heterocycles. The van der Waals surface area contributed by atoms with Crippen molar-refractivity contribution in [3.63, 3.8) is 0 Å². The monoisotopic (exact) mass is 329 g/mol. The molecule has 5 heteroatoms. The first-order chi connectivity index (χ1) is 10.0. The number of likely N-dealkylation sites (N-methyl/N-ethyl adjacent to an activating group) is 1. The van der Waals surface area contributed by atoms with Crippen LogP contribution >= 0.6 is 23.2 Å². The van der Waals surface area contributed by atoms with Crippen LogP contribution in [0.4, 0.5) is 8.78 Å². The van der Waals surface area contributed by atoms with Crippen LogP contribution in [0.3, 0.4) is 0 Å². The molecule has 0 saturated heterocycles. The average molecular weight is 330 g/mol. The summed E-state index contributed by atoms with van der Waals surface area (Å²) in [5.41, 5.74) is 1.08. The molecule has 1 unspecified atom stereocenters. The predicted octanol–water partition coefficient (Wildman–Crippen LogP) is 5.16. The van der Waals surface area contributed by atoms with Gasteiger partial charge in [-0.15, -0.1) is 0 Å². The van der Waals surface area contributed by atoms with Gasteiger partial charge in [0, 0.05) is 16.6 Å². The van der Waals surface area contributed by atoms with E-state index < -0.39 is 5.82 Å². The lowest BCUT2D eigenvalue weighted by atomic mass is 9.98. The van der Waals surface area contributed by atoms with E-state index in [0.29, 0.717) is 29.1 Å². The number of hydrogen-bond donors (Lipinski definition) is 1. The smallest absolute Gasteiger partial charge is 0.142 e. The maximum absolute atomic E-state index is 14.0. The summed E-state index contributed by atoms with van der Waals surface area (Å²) in [5, 5.41) is 3.71. The van der Waals surface area contributed by atoms with Gasteiger partial charge in [-0.1, -0.05) is 42.3 Å². The van der Waals surface area contributed by atoms with Gasteiger partial charge < -0.3 is 5.32 Å². The second-order valence-corrected chi connectivity index (χ2v) is 5.51. The molecule has 0 saturated carbocycles. The van der Waals surface area contributed by atoms with Gasteiger partial charge in [-0.2, -0.15) is 0 Å². The molecule has 0 aliphatic carbocycles. The summed E-state index contributed by atoms with van der Waals surface area (Å²) in [4.78, 5) is 0. The highest BCUT2D eigenvalue weighted by molar-refractivity contribution is 6.31. The van der Waals surface area contributed by atoms with E-state index in [4.69, 9.17) is 23.2 Å². The molecule has 0 radical (unpaired) electrons. The van der Waals surface area contributed by atoms with Crippen molar-refractivity contribution in [2.24, 2.45) is 0 Å². The lowest BCUT2D eigenvalue weighted by molar-refractivity contribution is 0.509. The fraction of sp³-hybridized carbons (Fsp3) is 0.250. The summed E-state index contributed by atoms with van der Waals surface area (Å²) in [6.07, 6.45) is 0.377. The fourth-order valence-corrected chi connectivity index (χ4v) is 2.63. The molecule has 0 heterocycles. The zero-order valence-corrected chi connectivity index (χ0v) is 13.0. The molecule has 1 N–H and O–H groups in total. The van der Waals surface area contributed by atoms with Gasteiger partial charge in [-0.25, -0.2) is 8.78 Å². The molecule has 2 aromatic carbocycles. The van der Waals surface area contributed by atoms with Gasteiger partial charge >= 0.3 is 0 Å². The van der Waals surface area contributed by atoms with Crippen LogP contribution in [0.15, 0.2) is 36.4 Å². The Kier molecular flexibility index (Phi) is 5.57. The molecule has 2 aromatic rings. The van der Waals surface area contributed by atoms with E-state index in [9.17, 15) is 8.78 Å². The molecule has 1 atom stereocenters. The zero-order valence-electron chi connectivity index (χ0n) is 11.5. The largest absolute Gasteiger partial charge is 0.310 e. The predicted molar refractivity (Wildman–Crippen MR) is 82.9 cm³/mol. The molecule has 21 heavy (non-hydrogen) atoms. The van der Waals surface area contributed by atoms with E-state index in [-0.39, 0.29) is 16.9 Å². The second-order valence-electron chi connectivity index (χ2n) is 4.69. The standard InChI is InChI=1S/C16H15Cl2F2N/c1-2-21-15(12-9-11(17)6-7-13(12)19)8-10-4-3-5-14(20)16(10)18/h3-7,9,15,21H,2,8H2,1H3. The lowest BCUT2D eigenvalue weighted by Crippen LogP contribution is -2.24. The van der Waals surface area contributed by atoms with Gasteiger partial charge in [-0.05, 0) is 42.8 Å². The van der Waals surface area contributed by atoms with E-state index >= 15 is 0 Å². The van der Waals surface area contributed by atoms with E-state index in [1.54, 1.807) is 18.2 Å². The Morgan fingerprint density at radius 2 is 1.86 bits per heavy atom. The van der Waals surface area contributed by atoms with E-state index in [2.05, 4.69) is 5.32 Å². The zero-order chi connectivity index (χ0) is 15.4. The Balaban J connectivity index is 2.35. The topological polar surface area (TPSA) is 12.0 Å². The van der Waals surface area contributed by atoms with Crippen molar-refractivity contribution >= 4 is 23.2 Å². The van der Waals surface area contributed by atoms with Crippen molar-refractivity contribution in [1.29, 1.82) is 0 Å². The first-order valence-electron chi connectivity index (χ1n) is 6.64. The molecule has 0 bridgehead atoms. The van der Waals surface area contributed by atoms with E-state index in [0.717, 1.165) is 0 Å². The quantitative estimate of drug-likeness (QED) is 0.798. The Bertz CT molecular complexity index is 632. The maximum atomic E-state index is 14.0.